The summed E-state index contributed by atoms with van der Waals surface area (Å²) in [7, 11) is 0. The maximum absolute atomic E-state index is 14.0. The minimum Gasteiger partial charge on any atom is -0.504 e. The van der Waals surface area contributed by atoms with Crippen molar-refractivity contribution in [3.05, 3.63) is 44.1 Å². The highest BCUT2D eigenvalue weighted by atomic mass is 16.7. The molecule has 0 saturated carbocycles. The van der Waals surface area contributed by atoms with Crippen molar-refractivity contribution in [2.75, 3.05) is 6.61 Å². The summed E-state index contributed by atoms with van der Waals surface area (Å²) in [6.07, 6.45) is -10.9. The Hall–Kier alpha value is -7.40. The van der Waals surface area contributed by atoms with E-state index in [9.17, 15) is 85.6 Å². The summed E-state index contributed by atoms with van der Waals surface area (Å²) in [5.74, 6) is -17.2. The standard InChI is InChI=1S/C34H22O22/c35-6-1-4-9(19(39)17(6)37)11-15-13-14-16(33(50)56-28(13)23(43)21(11)41)12(22(42)24(44)29(14)55-32(15)49)10-5(2-7(36)18(38)20(10)40)31(48)54-27-8(3-52-30(4)47)53-34(51)26(46)25(27)45/h1-2,8,25-27,34-46,51H,3H2/t8-,25-,26-,27+,34-/m1/s1. The SMILES string of the molecule is O=C1OC[C@H]2O[C@@H](O)[C@H](O)[C@@H](O)[C@H]2OC(=O)c2cc(O)c(O)c(O)c2-c2c(O)c(O)c3oc(=O)c4c(c(O)c(O)c5oc(=O)c2c3c54)-c2c1cc(O)c(O)c2O. The van der Waals surface area contributed by atoms with Crippen LogP contribution in [-0.2, 0) is 14.2 Å². The lowest BCUT2D eigenvalue weighted by Gasteiger charge is -2.40. The van der Waals surface area contributed by atoms with Crippen LogP contribution in [0.25, 0.3) is 55.0 Å². The Morgan fingerprint density at radius 2 is 0.929 bits per heavy atom. The van der Waals surface area contributed by atoms with Crippen LogP contribution in [0.5, 0.6) is 57.5 Å². The summed E-state index contributed by atoms with van der Waals surface area (Å²) >= 11 is 0. The third-order valence-corrected chi connectivity index (χ3v) is 9.58. The van der Waals surface area contributed by atoms with E-state index >= 15 is 0 Å². The molecule has 13 N–H and O–H groups in total. The smallest absolute Gasteiger partial charge is 0.345 e. The summed E-state index contributed by atoms with van der Waals surface area (Å²) in [5.41, 5.74) is -11.8. The maximum atomic E-state index is 14.0. The van der Waals surface area contributed by atoms with Gasteiger partial charge in [-0.1, -0.05) is 0 Å². The first-order valence-electron chi connectivity index (χ1n) is 15.7. The van der Waals surface area contributed by atoms with Crippen LogP contribution in [0.2, 0.25) is 0 Å². The molecule has 4 heterocycles. The molecular formula is C34H22O22. The molecule has 6 bridgehead atoms. The summed E-state index contributed by atoms with van der Waals surface area (Å²) < 4.78 is 26.3. The van der Waals surface area contributed by atoms with Gasteiger partial charge in [0.1, 0.15) is 24.9 Å². The number of carbonyl (C=O) groups is 2. The van der Waals surface area contributed by atoms with Crippen molar-refractivity contribution in [3.63, 3.8) is 0 Å². The van der Waals surface area contributed by atoms with Gasteiger partial charge in [-0.25, -0.2) is 19.2 Å². The van der Waals surface area contributed by atoms with Crippen molar-refractivity contribution < 1.29 is 99.0 Å². The number of cyclic esters (lactones) is 1. The zero-order valence-corrected chi connectivity index (χ0v) is 27.2. The van der Waals surface area contributed by atoms with Crippen molar-refractivity contribution in [1.82, 2.24) is 0 Å². The van der Waals surface area contributed by atoms with Gasteiger partial charge < -0.3 is 89.4 Å². The van der Waals surface area contributed by atoms with Crippen LogP contribution in [0.4, 0.5) is 0 Å². The molecule has 0 unspecified atom stereocenters. The van der Waals surface area contributed by atoms with Gasteiger partial charge in [-0.3, -0.25) is 0 Å². The molecule has 2 aliphatic rings. The van der Waals surface area contributed by atoms with Crippen LogP contribution < -0.4 is 11.3 Å². The first-order valence-corrected chi connectivity index (χ1v) is 15.7. The summed E-state index contributed by atoms with van der Waals surface area (Å²) in [6, 6.07) is 0.887. The number of aliphatic hydroxyl groups is 3. The van der Waals surface area contributed by atoms with Gasteiger partial charge in [0.25, 0.3) is 0 Å². The Balaban J connectivity index is 1.62. The van der Waals surface area contributed by atoms with E-state index < -0.39 is 184 Å². The summed E-state index contributed by atoms with van der Waals surface area (Å²) in [6.45, 7) is -1.15. The minimum atomic E-state index is -2.28. The van der Waals surface area contributed by atoms with Crippen molar-refractivity contribution in [1.29, 1.82) is 0 Å². The molecule has 0 spiro atoms. The number of ether oxygens (including phenoxy) is 3. The van der Waals surface area contributed by atoms with Crippen molar-refractivity contribution in [2.24, 2.45) is 0 Å². The number of carbonyl (C=O) groups excluding carboxylic acids is 2. The van der Waals surface area contributed by atoms with Crippen LogP contribution in [-0.4, -0.2) is 116 Å². The average Bonchev–Trinajstić information content (AvgIpc) is 3.15. The number of rotatable bonds is 0. The van der Waals surface area contributed by atoms with Crippen LogP contribution in [0.15, 0.2) is 30.6 Å². The quantitative estimate of drug-likeness (QED) is 0.0418. The zero-order chi connectivity index (χ0) is 40.6. The molecular weight excluding hydrogens is 760 g/mol. The van der Waals surface area contributed by atoms with Crippen LogP contribution >= 0.6 is 0 Å². The molecule has 0 aliphatic carbocycles. The highest BCUT2D eigenvalue weighted by Gasteiger charge is 2.48. The monoisotopic (exact) mass is 782 g/mol. The number of hydrogen-bond acceptors (Lipinski definition) is 22. The molecule has 4 aromatic carbocycles. The van der Waals surface area contributed by atoms with Crippen molar-refractivity contribution >= 4 is 44.6 Å². The second kappa shape index (κ2) is 11.8. The number of benzene rings is 4. The average molecular weight is 783 g/mol. The van der Waals surface area contributed by atoms with Gasteiger partial charge in [-0.15, -0.1) is 0 Å². The van der Waals surface area contributed by atoms with Crippen molar-refractivity contribution in [3.8, 4) is 79.7 Å². The lowest BCUT2D eigenvalue weighted by Crippen LogP contribution is -2.60. The summed E-state index contributed by atoms with van der Waals surface area (Å²) in [5, 5.41) is 137. The predicted molar refractivity (Wildman–Crippen MR) is 177 cm³/mol. The molecule has 290 valence electrons. The Kier molecular flexibility index (Phi) is 7.50. The molecule has 8 rings (SSSR count). The minimum absolute atomic E-state index is 0.424. The van der Waals surface area contributed by atoms with E-state index in [0.717, 1.165) is 0 Å². The first-order chi connectivity index (χ1) is 26.4. The van der Waals surface area contributed by atoms with Crippen LogP contribution in [0.3, 0.4) is 0 Å². The van der Waals surface area contributed by atoms with Crippen LogP contribution in [0.1, 0.15) is 20.7 Å². The van der Waals surface area contributed by atoms with Gasteiger partial charge in [0, 0.05) is 33.0 Å². The van der Waals surface area contributed by atoms with Gasteiger partial charge in [0.15, 0.2) is 58.1 Å². The Morgan fingerprint density at radius 3 is 1.39 bits per heavy atom. The van der Waals surface area contributed by atoms with E-state index in [1.165, 1.54) is 0 Å². The van der Waals surface area contributed by atoms with E-state index in [1.807, 2.05) is 0 Å². The molecule has 22 heteroatoms. The predicted octanol–water partition coefficient (Wildman–Crippen LogP) is 0.0152. The molecule has 2 aromatic heterocycles. The van der Waals surface area contributed by atoms with E-state index in [-0.39, 0.29) is 0 Å². The molecule has 22 nitrogen and oxygen atoms in total. The van der Waals surface area contributed by atoms with Gasteiger partial charge in [-0.05, 0) is 12.1 Å². The fourth-order valence-corrected chi connectivity index (χ4v) is 7.00. The third kappa shape index (κ3) is 4.57. The van der Waals surface area contributed by atoms with Gasteiger partial charge in [-0.2, -0.15) is 0 Å². The second-order valence-electron chi connectivity index (χ2n) is 12.6. The molecule has 1 saturated heterocycles. The molecule has 56 heavy (non-hydrogen) atoms. The molecule has 5 atom stereocenters. The lowest BCUT2D eigenvalue weighted by molar-refractivity contribution is -0.285. The highest BCUT2D eigenvalue weighted by molar-refractivity contribution is 6.29. The number of aromatic hydroxyl groups is 10. The highest BCUT2D eigenvalue weighted by Crippen LogP contribution is 2.58. The number of hydrogen-bond donors (Lipinski definition) is 13. The topological polar surface area (TPSA) is 385 Å². The van der Waals surface area contributed by atoms with Crippen LogP contribution in [0, 0.1) is 0 Å². The Bertz CT molecular complexity index is 2870. The zero-order valence-electron chi connectivity index (χ0n) is 27.2. The summed E-state index contributed by atoms with van der Waals surface area (Å²) in [4.78, 5) is 55.4. The largest absolute Gasteiger partial charge is 0.504 e. The van der Waals surface area contributed by atoms with E-state index in [0.29, 0.717) is 12.1 Å². The first kappa shape index (κ1) is 35.6. The number of phenolic OH excluding ortho intramolecular Hbond substituents is 10. The fourth-order valence-electron chi connectivity index (χ4n) is 7.00. The maximum Gasteiger partial charge on any atom is 0.345 e. The van der Waals surface area contributed by atoms with Gasteiger partial charge in [0.2, 0.25) is 23.0 Å². The van der Waals surface area contributed by atoms with Gasteiger partial charge in [0.05, 0.1) is 21.9 Å². The second-order valence-corrected chi connectivity index (χ2v) is 12.6. The van der Waals surface area contributed by atoms with E-state index in [2.05, 4.69) is 0 Å². The van der Waals surface area contributed by atoms with Gasteiger partial charge >= 0.3 is 23.2 Å². The lowest BCUT2D eigenvalue weighted by atomic mass is 9.88. The van der Waals surface area contributed by atoms with E-state index in [4.69, 9.17) is 23.0 Å². The Morgan fingerprint density at radius 1 is 0.500 bits per heavy atom. The van der Waals surface area contributed by atoms with Crippen molar-refractivity contribution in [2.45, 2.75) is 30.7 Å². The number of esters is 2. The molecule has 2 aliphatic heterocycles. The Labute approximate surface area is 304 Å². The molecule has 0 radical (unpaired) electrons. The number of aliphatic hydroxyl groups excluding tert-OH is 3. The fraction of sp³-hybridized carbons (Fsp3) is 0.176. The molecule has 0 amide bonds. The molecule has 1 fully saturated rings. The molecule has 6 aromatic rings. The number of phenols is 10. The number of fused-ring (bicyclic) bond motifs is 5. The van der Waals surface area contributed by atoms with E-state index in [1.54, 1.807) is 0 Å². The third-order valence-electron chi connectivity index (χ3n) is 9.58. The normalized spacial score (nSPS) is 21.3.